The van der Waals surface area contributed by atoms with Crippen LogP contribution in [0.25, 0.3) is 0 Å². The van der Waals surface area contributed by atoms with Crippen LogP contribution in [0.2, 0.25) is 0 Å². The molecule has 3 aliphatic rings. The van der Waals surface area contributed by atoms with E-state index in [2.05, 4.69) is 33.4 Å². The highest BCUT2D eigenvalue weighted by Crippen LogP contribution is 2.71. The quantitative estimate of drug-likeness (QED) is 0.850. The van der Waals surface area contributed by atoms with Crippen LogP contribution in [0.1, 0.15) is 18.4 Å². The molecule has 1 heterocycles. The molecule has 1 saturated heterocycles. The number of rotatable bonds is 2. The SMILES string of the molecule is O=C1NC(=O)C2C1C2(c1cccc(Br)c1)C1CC1. The molecule has 1 N–H and O–H groups in total. The number of halogens is 1. The minimum atomic E-state index is -0.191. The fourth-order valence-electron chi connectivity index (χ4n) is 3.84. The molecule has 0 bridgehead atoms. The second kappa shape index (κ2) is 3.23. The van der Waals surface area contributed by atoms with Gasteiger partial charge in [0.15, 0.2) is 0 Å². The number of hydrogen-bond acceptors (Lipinski definition) is 2. The van der Waals surface area contributed by atoms with Gasteiger partial charge in [0.2, 0.25) is 11.8 Å². The minimum absolute atomic E-state index is 0.0723. The summed E-state index contributed by atoms with van der Waals surface area (Å²) in [6, 6.07) is 8.09. The molecule has 92 valence electrons. The lowest BCUT2D eigenvalue weighted by atomic mass is 9.85. The highest BCUT2D eigenvalue weighted by atomic mass is 79.9. The molecule has 4 heteroatoms. The number of benzene rings is 1. The molecule has 0 radical (unpaired) electrons. The molecule has 2 saturated carbocycles. The zero-order chi connectivity index (χ0) is 12.5. The van der Waals surface area contributed by atoms with E-state index >= 15 is 0 Å². The molecule has 4 rings (SSSR count). The van der Waals surface area contributed by atoms with Crippen LogP contribution in [0.4, 0.5) is 0 Å². The second-order valence-corrected chi connectivity index (χ2v) is 6.44. The van der Waals surface area contributed by atoms with Gasteiger partial charge in [-0.05, 0) is 36.5 Å². The van der Waals surface area contributed by atoms with E-state index in [0.29, 0.717) is 5.92 Å². The summed E-state index contributed by atoms with van der Waals surface area (Å²) in [6.45, 7) is 0. The molecule has 0 aromatic heterocycles. The van der Waals surface area contributed by atoms with Gasteiger partial charge in [0.05, 0.1) is 11.8 Å². The molecule has 18 heavy (non-hydrogen) atoms. The molecule has 2 unspecified atom stereocenters. The first kappa shape index (κ1) is 10.7. The highest BCUT2D eigenvalue weighted by molar-refractivity contribution is 9.10. The van der Waals surface area contributed by atoms with Gasteiger partial charge in [0, 0.05) is 9.89 Å². The van der Waals surface area contributed by atoms with Crippen LogP contribution in [0.3, 0.4) is 0 Å². The first-order chi connectivity index (χ1) is 8.65. The maximum absolute atomic E-state index is 11.9. The molecule has 2 atom stereocenters. The van der Waals surface area contributed by atoms with Crippen LogP contribution in [0.5, 0.6) is 0 Å². The van der Waals surface area contributed by atoms with Gasteiger partial charge >= 0.3 is 0 Å². The second-order valence-electron chi connectivity index (χ2n) is 5.53. The number of carbonyl (C=O) groups excluding carboxylic acids is 2. The van der Waals surface area contributed by atoms with Crippen molar-refractivity contribution in [2.75, 3.05) is 0 Å². The summed E-state index contributed by atoms with van der Waals surface area (Å²) in [5.74, 6) is 0.129. The Kier molecular flexibility index (Phi) is 1.93. The lowest BCUT2D eigenvalue weighted by molar-refractivity contribution is -0.128. The van der Waals surface area contributed by atoms with Crippen molar-refractivity contribution < 1.29 is 9.59 Å². The summed E-state index contributed by atoms with van der Waals surface area (Å²) in [6.07, 6.45) is 2.28. The minimum Gasteiger partial charge on any atom is -0.296 e. The molecule has 2 aliphatic carbocycles. The van der Waals surface area contributed by atoms with Crippen molar-refractivity contribution in [2.24, 2.45) is 17.8 Å². The van der Waals surface area contributed by atoms with Crippen molar-refractivity contribution in [3.05, 3.63) is 34.3 Å². The Bertz CT molecular complexity index is 559. The van der Waals surface area contributed by atoms with E-state index in [-0.39, 0.29) is 29.1 Å². The van der Waals surface area contributed by atoms with Crippen molar-refractivity contribution in [3.63, 3.8) is 0 Å². The Balaban J connectivity index is 1.85. The Morgan fingerprint density at radius 2 is 1.83 bits per heavy atom. The molecular formula is C14H12BrNO2. The first-order valence-electron chi connectivity index (χ1n) is 6.26. The van der Waals surface area contributed by atoms with Crippen molar-refractivity contribution >= 4 is 27.7 Å². The van der Waals surface area contributed by atoms with E-state index in [4.69, 9.17) is 0 Å². The Labute approximate surface area is 113 Å². The maximum Gasteiger partial charge on any atom is 0.231 e. The smallest absolute Gasteiger partial charge is 0.231 e. The van der Waals surface area contributed by atoms with Crippen LogP contribution >= 0.6 is 15.9 Å². The predicted octanol–water partition coefficient (Wildman–Crippen LogP) is 2.00. The Hall–Kier alpha value is -1.16. The van der Waals surface area contributed by atoms with Gasteiger partial charge in [-0.2, -0.15) is 0 Å². The standard InChI is InChI=1S/C14H12BrNO2/c15-9-3-1-2-8(6-9)14(7-4-5-7)10-11(14)13(18)16-12(10)17/h1-3,6-7,10-11H,4-5H2,(H,16,17,18). The molecule has 1 aromatic carbocycles. The monoisotopic (exact) mass is 305 g/mol. The molecule has 3 nitrogen and oxygen atoms in total. The van der Waals surface area contributed by atoms with E-state index in [1.54, 1.807) is 0 Å². The average molecular weight is 306 g/mol. The third-order valence-electron chi connectivity index (χ3n) is 4.64. The van der Waals surface area contributed by atoms with Crippen LogP contribution < -0.4 is 5.32 Å². The largest absolute Gasteiger partial charge is 0.296 e. The number of nitrogens with one attached hydrogen (secondary N) is 1. The van der Waals surface area contributed by atoms with Crippen LogP contribution in [0.15, 0.2) is 28.7 Å². The maximum atomic E-state index is 11.9. The number of piperidine rings is 1. The highest BCUT2D eigenvalue weighted by Gasteiger charge is 2.79. The normalized spacial score (nSPS) is 37.4. The van der Waals surface area contributed by atoms with Crippen molar-refractivity contribution in [1.29, 1.82) is 0 Å². The number of carbonyl (C=O) groups is 2. The van der Waals surface area contributed by atoms with Crippen LogP contribution in [-0.2, 0) is 15.0 Å². The molecule has 3 fully saturated rings. The number of imide groups is 1. The third kappa shape index (κ3) is 1.14. The fourth-order valence-corrected chi connectivity index (χ4v) is 4.24. The van der Waals surface area contributed by atoms with Gasteiger partial charge in [-0.1, -0.05) is 28.1 Å². The van der Waals surface area contributed by atoms with Gasteiger partial charge in [-0.15, -0.1) is 0 Å². The van der Waals surface area contributed by atoms with Crippen LogP contribution in [-0.4, -0.2) is 11.8 Å². The summed E-state index contributed by atoms with van der Waals surface area (Å²) in [4.78, 5) is 23.8. The molecule has 1 aliphatic heterocycles. The molecule has 2 amide bonds. The van der Waals surface area contributed by atoms with Crippen molar-refractivity contribution in [3.8, 4) is 0 Å². The lowest BCUT2D eigenvalue weighted by Crippen LogP contribution is -2.35. The topological polar surface area (TPSA) is 46.2 Å². The molecule has 1 aromatic rings. The zero-order valence-electron chi connectivity index (χ0n) is 9.65. The Morgan fingerprint density at radius 1 is 1.17 bits per heavy atom. The van der Waals surface area contributed by atoms with E-state index < -0.39 is 0 Å². The van der Waals surface area contributed by atoms with Gasteiger partial charge < -0.3 is 0 Å². The van der Waals surface area contributed by atoms with E-state index in [1.807, 2.05) is 12.1 Å². The summed E-state index contributed by atoms with van der Waals surface area (Å²) in [7, 11) is 0. The number of amides is 2. The molecule has 0 spiro atoms. The molecular weight excluding hydrogens is 294 g/mol. The van der Waals surface area contributed by atoms with E-state index in [1.165, 1.54) is 0 Å². The summed E-state index contributed by atoms with van der Waals surface area (Å²) < 4.78 is 1.01. The number of hydrogen-bond donors (Lipinski definition) is 1. The van der Waals surface area contributed by atoms with Crippen molar-refractivity contribution in [2.45, 2.75) is 18.3 Å². The van der Waals surface area contributed by atoms with Gasteiger partial charge in [-0.3, -0.25) is 14.9 Å². The first-order valence-corrected chi connectivity index (χ1v) is 7.05. The summed E-state index contributed by atoms with van der Waals surface area (Å²) >= 11 is 3.48. The summed E-state index contributed by atoms with van der Waals surface area (Å²) in [5.41, 5.74) is 0.959. The van der Waals surface area contributed by atoms with Gasteiger partial charge in [0.1, 0.15) is 0 Å². The summed E-state index contributed by atoms with van der Waals surface area (Å²) in [5, 5.41) is 2.45. The zero-order valence-corrected chi connectivity index (χ0v) is 11.2. The van der Waals surface area contributed by atoms with Crippen LogP contribution in [0, 0.1) is 17.8 Å². The van der Waals surface area contributed by atoms with Gasteiger partial charge in [-0.25, -0.2) is 0 Å². The van der Waals surface area contributed by atoms with Crippen molar-refractivity contribution in [1.82, 2.24) is 5.32 Å². The Morgan fingerprint density at radius 3 is 2.39 bits per heavy atom. The van der Waals surface area contributed by atoms with E-state index in [0.717, 1.165) is 22.9 Å². The lowest BCUT2D eigenvalue weighted by Gasteiger charge is -2.20. The fraction of sp³-hybridized carbons (Fsp3) is 0.429. The third-order valence-corrected chi connectivity index (χ3v) is 5.14. The number of fused-ring (bicyclic) bond motifs is 1. The average Bonchev–Trinajstić information content (AvgIpc) is 3.20. The predicted molar refractivity (Wildman–Crippen MR) is 68.7 cm³/mol. The van der Waals surface area contributed by atoms with Gasteiger partial charge in [0.25, 0.3) is 0 Å². The van der Waals surface area contributed by atoms with E-state index in [9.17, 15) is 9.59 Å².